The minimum Gasteiger partial charge on any atom is -0.467 e. The number of furan rings is 1. The molecular formula is C40H36F17N3O6. The molecule has 1 heterocycles. The number of carbonyl (C=O) groups excluding carboxylic acids is 4. The van der Waals surface area contributed by atoms with Gasteiger partial charge in [0.2, 0.25) is 0 Å². The molecule has 66 heavy (non-hydrogen) atoms. The molecule has 3 aromatic rings. The number of hydrogen-bond acceptors (Lipinski definition) is 6. The first-order valence-electron chi connectivity index (χ1n) is 19.2. The molecule has 9 nitrogen and oxygen atoms in total. The fourth-order valence-electron chi connectivity index (χ4n) is 6.57. The smallest absolute Gasteiger partial charge is 0.460 e. The molecule has 1 aromatic heterocycles. The first-order chi connectivity index (χ1) is 30.1. The second-order valence-electron chi connectivity index (χ2n) is 15.6. The van der Waals surface area contributed by atoms with E-state index in [1.807, 2.05) is 5.32 Å². The van der Waals surface area contributed by atoms with Crippen LogP contribution in [0.1, 0.15) is 81.0 Å². The van der Waals surface area contributed by atoms with Crippen molar-refractivity contribution in [3.63, 3.8) is 0 Å². The van der Waals surface area contributed by atoms with Crippen LogP contribution in [0.5, 0.6) is 0 Å². The van der Waals surface area contributed by atoms with Gasteiger partial charge in [-0.25, -0.2) is 4.79 Å². The van der Waals surface area contributed by atoms with Crippen molar-refractivity contribution in [2.24, 2.45) is 0 Å². The van der Waals surface area contributed by atoms with Gasteiger partial charge in [0.05, 0.1) is 17.6 Å². The third kappa shape index (κ3) is 9.91. The number of Topliss-reactive ketones (excluding diaryl/α,β-unsaturated/α-hetero) is 1. The molecule has 2 aromatic carbocycles. The van der Waals surface area contributed by atoms with Gasteiger partial charge < -0.3 is 14.5 Å². The van der Waals surface area contributed by atoms with Crippen molar-refractivity contribution in [1.29, 1.82) is 0 Å². The van der Waals surface area contributed by atoms with Gasteiger partial charge in [0, 0.05) is 18.0 Å². The van der Waals surface area contributed by atoms with Crippen LogP contribution in [0.2, 0.25) is 0 Å². The van der Waals surface area contributed by atoms with E-state index in [0.29, 0.717) is 31.6 Å². The van der Waals surface area contributed by atoms with E-state index in [4.69, 9.17) is 9.15 Å². The molecule has 1 aliphatic carbocycles. The number of nitrogens with zero attached hydrogens (tertiary/aromatic N) is 1. The largest absolute Gasteiger partial charge is 0.467 e. The van der Waals surface area contributed by atoms with Gasteiger partial charge in [-0.05, 0) is 57.4 Å². The maximum Gasteiger partial charge on any atom is 0.460 e. The fraction of sp³-hybridized carbons (Fsp3) is 0.500. The summed E-state index contributed by atoms with van der Waals surface area (Å²) in [5.74, 6) is -61.3. The summed E-state index contributed by atoms with van der Waals surface area (Å²) in [7, 11) is 0. The Bertz CT molecular complexity index is 2190. The molecule has 3 amide bonds. The molecule has 0 radical (unpaired) electrons. The van der Waals surface area contributed by atoms with Gasteiger partial charge in [0.25, 0.3) is 11.7 Å². The summed E-state index contributed by atoms with van der Waals surface area (Å²) in [5, 5.41) is 4.85. The summed E-state index contributed by atoms with van der Waals surface area (Å²) in [6.45, 7) is 1.20. The molecule has 0 bridgehead atoms. The van der Waals surface area contributed by atoms with E-state index in [1.165, 1.54) is 54.6 Å². The highest BCUT2D eigenvalue weighted by Gasteiger charge is 2.95. The molecule has 4 rings (SSSR count). The monoisotopic (exact) mass is 977 g/mol. The first-order valence-corrected chi connectivity index (χ1v) is 19.2. The Morgan fingerprint density at radius 1 is 0.652 bits per heavy atom. The normalized spacial score (nSPS) is 15.7. The molecular weight excluding hydrogens is 941 g/mol. The topological polar surface area (TPSA) is 118 Å². The number of nitrogens with one attached hydrogen (secondary N) is 2. The summed E-state index contributed by atoms with van der Waals surface area (Å²) >= 11 is 0. The van der Waals surface area contributed by atoms with Crippen molar-refractivity contribution < 1.29 is 103 Å². The van der Waals surface area contributed by atoms with E-state index in [2.05, 4.69) is 5.32 Å². The van der Waals surface area contributed by atoms with E-state index < -0.39 is 113 Å². The summed E-state index contributed by atoms with van der Waals surface area (Å²) in [4.78, 5) is 55.9. The molecule has 366 valence electrons. The number of amides is 3. The Labute approximate surface area is 362 Å². The summed E-state index contributed by atoms with van der Waals surface area (Å²) in [6.07, 6.45) is -9.83. The highest BCUT2D eigenvalue weighted by Crippen LogP contribution is 2.64. The van der Waals surface area contributed by atoms with Crippen LogP contribution >= 0.6 is 0 Å². The van der Waals surface area contributed by atoms with Gasteiger partial charge in [-0.1, -0.05) is 61.7 Å². The number of anilines is 2. The number of ketones is 1. The van der Waals surface area contributed by atoms with Gasteiger partial charge in [-0.2, -0.15) is 74.6 Å². The van der Waals surface area contributed by atoms with Gasteiger partial charge >= 0.3 is 59.6 Å². The molecule has 0 spiro atoms. The quantitative estimate of drug-likeness (QED) is 0.0745. The number of benzene rings is 2. The van der Waals surface area contributed by atoms with Crippen LogP contribution < -0.4 is 15.5 Å². The lowest BCUT2D eigenvalue weighted by molar-refractivity contribution is -0.462. The lowest BCUT2D eigenvalue weighted by atomic mass is 9.87. The number of carbonyl (C=O) groups is 4. The second kappa shape index (κ2) is 18.6. The van der Waals surface area contributed by atoms with Crippen LogP contribution in [0.25, 0.3) is 0 Å². The molecule has 1 aliphatic rings. The van der Waals surface area contributed by atoms with Gasteiger partial charge in [0.15, 0.2) is 6.04 Å². The maximum atomic E-state index is 14.8. The number of rotatable bonds is 18. The average molecular weight is 978 g/mol. The second-order valence-corrected chi connectivity index (χ2v) is 15.6. The predicted molar refractivity (Wildman–Crippen MR) is 195 cm³/mol. The van der Waals surface area contributed by atoms with Gasteiger partial charge in [-0.15, -0.1) is 0 Å². The molecule has 0 saturated heterocycles. The van der Waals surface area contributed by atoms with Crippen molar-refractivity contribution in [2.75, 3.05) is 10.2 Å². The molecule has 26 heteroatoms. The van der Waals surface area contributed by atoms with E-state index in [-0.39, 0.29) is 11.3 Å². The average Bonchev–Trinajstić information content (AvgIpc) is 3.76. The highest BCUT2D eigenvalue weighted by atomic mass is 19.4. The first kappa shape index (κ1) is 53.0. The summed E-state index contributed by atoms with van der Waals surface area (Å²) in [6, 6.07) is 11.8. The number of hydrogen-bond donors (Lipinski definition) is 2. The maximum absolute atomic E-state index is 14.8. The number of alkyl halides is 17. The Hall–Kier alpha value is -5.59. The SMILES string of the molecule is CC(C)(CCC(F)(F)C(F)(F)C(F)(F)C(F)(F)C(F)(F)C(F)(F)C(F)(F)C(F)(F)F)OC(=O)Nc1ccccc1N(C(=O)C(=O)c1ccccc1)C(C(=O)NC1CCCCC1)c1ccco1. The van der Waals surface area contributed by atoms with E-state index >= 15 is 0 Å². The standard InChI is InChI=1S/C40H36F17N3O6/c1-32(2,19-20-33(41,42)34(43,44)35(45,46)36(47,48)37(49,50)38(51,52)39(53,54)40(55,56)57)66-31(64)59-24-16-9-10-17-25(24)60(30(63)28(61)22-12-5-3-6-13-22)27(26-18-11-21-65-26)29(62)58-23-14-7-4-8-15-23/h3,5-6,9-13,16-18,21,23,27H,4,7-8,14-15,19-20H2,1-2H3,(H,58,62)(H,59,64). The van der Waals surface area contributed by atoms with E-state index in [0.717, 1.165) is 37.7 Å². The van der Waals surface area contributed by atoms with E-state index in [1.54, 1.807) is 0 Å². The fourth-order valence-corrected chi connectivity index (χ4v) is 6.57. The van der Waals surface area contributed by atoms with Crippen LogP contribution in [0.3, 0.4) is 0 Å². The zero-order valence-electron chi connectivity index (χ0n) is 33.9. The molecule has 1 saturated carbocycles. The van der Waals surface area contributed by atoms with E-state index in [9.17, 15) is 93.8 Å². The zero-order chi connectivity index (χ0) is 50.1. The van der Waals surface area contributed by atoms with Crippen molar-refractivity contribution in [3.05, 3.63) is 84.3 Å². The van der Waals surface area contributed by atoms with Crippen LogP contribution in [-0.2, 0) is 14.3 Å². The van der Waals surface area contributed by atoms with Gasteiger partial charge in [-0.3, -0.25) is 24.6 Å². The van der Waals surface area contributed by atoms with Crippen molar-refractivity contribution in [2.45, 2.75) is 124 Å². The molecule has 1 unspecified atom stereocenters. The lowest BCUT2D eigenvalue weighted by Gasteiger charge is -2.43. The number of para-hydroxylation sites is 2. The van der Waals surface area contributed by atoms with Crippen LogP contribution in [0, 0.1) is 0 Å². The third-order valence-corrected chi connectivity index (χ3v) is 10.3. The lowest BCUT2D eigenvalue weighted by Crippen LogP contribution is -2.74. The third-order valence-electron chi connectivity index (χ3n) is 10.3. The number of ether oxygens (including phenoxy) is 1. The van der Waals surface area contributed by atoms with Gasteiger partial charge in [0.1, 0.15) is 11.4 Å². The zero-order valence-corrected chi connectivity index (χ0v) is 33.9. The van der Waals surface area contributed by atoms with Crippen molar-refractivity contribution in [1.82, 2.24) is 5.32 Å². The Kier molecular flexibility index (Phi) is 14.9. The van der Waals surface area contributed by atoms with Crippen molar-refractivity contribution >= 4 is 35.1 Å². The molecule has 1 atom stereocenters. The Morgan fingerprint density at radius 3 is 1.70 bits per heavy atom. The van der Waals surface area contributed by atoms with Crippen LogP contribution in [0.15, 0.2) is 77.4 Å². The summed E-state index contributed by atoms with van der Waals surface area (Å²) < 4.78 is 245. The summed E-state index contributed by atoms with van der Waals surface area (Å²) in [5.41, 5.74) is -3.77. The minimum absolute atomic E-state index is 0.177. The Balaban J connectivity index is 1.63. The number of halogens is 17. The van der Waals surface area contributed by atoms with Crippen LogP contribution in [-0.4, -0.2) is 83.0 Å². The predicted octanol–water partition coefficient (Wildman–Crippen LogP) is 11.8. The highest BCUT2D eigenvalue weighted by molar-refractivity contribution is 6.47. The Morgan fingerprint density at radius 2 is 1.17 bits per heavy atom. The molecule has 2 N–H and O–H groups in total. The molecule has 0 aliphatic heterocycles. The minimum atomic E-state index is -8.79. The van der Waals surface area contributed by atoms with Crippen LogP contribution in [0.4, 0.5) is 90.8 Å². The molecule has 1 fully saturated rings. The van der Waals surface area contributed by atoms with Crippen molar-refractivity contribution in [3.8, 4) is 0 Å².